The first-order chi connectivity index (χ1) is 16.2. The van der Waals surface area contributed by atoms with Gasteiger partial charge in [0.05, 0.1) is 12.2 Å². The third-order valence-corrected chi connectivity index (χ3v) is 9.73. The smallest absolute Gasteiger partial charge is 0.238 e. The van der Waals surface area contributed by atoms with E-state index in [1.54, 1.807) is 5.57 Å². The maximum atomic E-state index is 12.6. The summed E-state index contributed by atoms with van der Waals surface area (Å²) in [5.41, 5.74) is 3.54. The van der Waals surface area contributed by atoms with E-state index in [-0.39, 0.29) is 6.42 Å². The van der Waals surface area contributed by atoms with Crippen LogP contribution in [0.15, 0.2) is 35.5 Å². The quantitative estimate of drug-likeness (QED) is 0.434. The predicted octanol–water partition coefficient (Wildman–Crippen LogP) is 6.13. The van der Waals surface area contributed by atoms with Crippen molar-refractivity contribution in [2.24, 2.45) is 29.1 Å². The van der Waals surface area contributed by atoms with Gasteiger partial charge in [-0.15, -0.1) is 0 Å². The van der Waals surface area contributed by atoms with E-state index in [9.17, 15) is 19.0 Å². The zero-order valence-corrected chi connectivity index (χ0v) is 21.2. The number of hydrogen-bond acceptors (Lipinski definition) is 3. The molecule has 0 aromatic rings. The van der Waals surface area contributed by atoms with Gasteiger partial charge in [0, 0.05) is 19.5 Å². The molecule has 3 saturated carbocycles. The third kappa shape index (κ3) is 5.68. The van der Waals surface area contributed by atoms with Crippen molar-refractivity contribution in [1.29, 1.82) is 0 Å². The van der Waals surface area contributed by atoms with Crippen LogP contribution < -0.4 is 0 Å². The first-order valence-electron chi connectivity index (χ1n) is 13.6. The van der Waals surface area contributed by atoms with Gasteiger partial charge >= 0.3 is 0 Å². The highest BCUT2D eigenvalue weighted by Crippen LogP contribution is 2.59. The molecule has 5 heteroatoms. The van der Waals surface area contributed by atoms with Crippen molar-refractivity contribution in [1.82, 2.24) is 4.90 Å². The van der Waals surface area contributed by atoms with Crippen LogP contribution in [0.2, 0.25) is 0 Å². The Hall–Kier alpha value is -1.04. The lowest BCUT2D eigenvalue weighted by Gasteiger charge is -2.45. The average molecular weight is 478 g/mol. The molecule has 7 atom stereocenters. The van der Waals surface area contributed by atoms with E-state index in [1.165, 1.54) is 25.7 Å². The summed E-state index contributed by atoms with van der Waals surface area (Å²) in [4.78, 5) is 2.54. The molecule has 0 spiro atoms. The summed E-state index contributed by atoms with van der Waals surface area (Å²) in [5, 5.41) is 20.3. The number of aliphatic hydroxyl groups excluding tert-OH is 2. The average Bonchev–Trinajstić information content (AvgIpc) is 3.38. The van der Waals surface area contributed by atoms with E-state index in [0.717, 1.165) is 38.0 Å². The molecule has 0 radical (unpaired) electrons. The molecule has 0 aromatic carbocycles. The molecule has 0 unspecified atom stereocenters. The van der Waals surface area contributed by atoms with Gasteiger partial charge in [-0.05, 0) is 99.0 Å². The predicted molar refractivity (Wildman–Crippen MR) is 134 cm³/mol. The number of likely N-dealkylation sites (tertiary alicyclic amines) is 1. The number of fused-ring (bicyclic) bond motifs is 1. The van der Waals surface area contributed by atoms with E-state index in [4.69, 9.17) is 0 Å². The van der Waals surface area contributed by atoms with Crippen molar-refractivity contribution < 1.29 is 19.0 Å². The van der Waals surface area contributed by atoms with Gasteiger partial charge < -0.3 is 15.1 Å². The molecule has 34 heavy (non-hydrogen) atoms. The SMILES string of the molecule is C=C1[C@H](O)CC(=C/C=C2\CCC[C@]3(C)[C@@H]([C@H](C)CN4CC[C@H](CCC(F)F)C4)CC[C@@H]23)C[C@H]1O. The van der Waals surface area contributed by atoms with Gasteiger partial charge in [-0.1, -0.05) is 43.7 Å². The number of allylic oxidation sites excluding steroid dienone is 3. The van der Waals surface area contributed by atoms with Crippen LogP contribution in [0.25, 0.3) is 0 Å². The Bertz CT molecular complexity index is 777. The summed E-state index contributed by atoms with van der Waals surface area (Å²) in [7, 11) is 0. The van der Waals surface area contributed by atoms with Crippen LogP contribution >= 0.6 is 0 Å². The fourth-order valence-electron chi connectivity index (χ4n) is 7.85. The molecule has 0 amide bonds. The second kappa shape index (κ2) is 10.9. The first-order valence-corrected chi connectivity index (χ1v) is 13.6. The second-order valence-electron chi connectivity index (χ2n) is 12.0. The van der Waals surface area contributed by atoms with E-state index < -0.39 is 18.6 Å². The summed E-state index contributed by atoms with van der Waals surface area (Å²) in [6, 6.07) is 0. The van der Waals surface area contributed by atoms with Crippen molar-refractivity contribution in [3.63, 3.8) is 0 Å². The number of aliphatic hydroxyl groups is 2. The molecule has 192 valence electrons. The largest absolute Gasteiger partial charge is 0.388 e. The van der Waals surface area contributed by atoms with Crippen molar-refractivity contribution in [3.05, 3.63) is 35.5 Å². The van der Waals surface area contributed by atoms with Gasteiger partial charge in [-0.3, -0.25) is 0 Å². The topological polar surface area (TPSA) is 43.7 Å². The molecular weight excluding hydrogens is 432 g/mol. The Morgan fingerprint density at radius 3 is 2.59 bits per heavy atom. The highest BCUT2D eigenvalue weighted by atomic mass is 19.3. The molecule has 2 N–H and O–H groups in total. The summed E-state index contributed by atoms with van der Waals surface area (Å²) >= 11 is 0. The molecule has 0 bridgehead atoms. The van der Waals surface area contributed by atoms with Crippen molar-refractivity contribution in [3.8, 4) is 0 Å². The normalized spacial score (nSPS) is 39.1. The minimum atomic E-state index is -2.17. The molecule has 1 heterocycles. The van der Waals surface area contributed by atoms with Gasteiger partial charge in [0.2, 0.25) is 6.43 Å². The Morgan fingerprint density at radius 1 is 1.15 bits per heavy atom. The fourth-order valence-corrected chi connectivity index (χ4v) is 7.85. The second-order valence-corrected chi connectivity index (χ2v) is 12.0. The van der Waals surface area contributed by atoms with Crippen LogP contribution in [0.4, 0.5) is 8.78 Å². The Balaban J connectivity index is 1.37. The van der Waals surface area contributed by atoms with Crippen molar-refractivity contribution >= 4 is 0 Å². The van der Waals surface area contributed by atoms with Crippen LogP contribution in [0.3, 0.4) is 0 Å². The Kier molecular flexibility index (Phi) is 8.36. The Labute approximate surface area is 205 Å². The molecule has 4 aliphatic rings. The number of hydrogen-bond donors (Lipinski definition) is 2. The van der Waals surface area contributed by atoms with Crippen LogP contribution in [0.1, 0.15) is 78.1 Å². The van der Waals surface area contributed by atoms with Gasteiger partial charge in [0.15, 0.2) is 0 Å². The number of nitrogens with zero attached hydrogens (tertiary/aromatic N) is 1. The molecule has 3 nitrogen and oxygen atoms in total. The minimum Gasteiger partial charge on any atom is -0.388 e. The highest BCUT2D eigenvalue weighted by Gasteiger charge is 2.50. The number of rotatable bonds is 7. The van der Waals surface area contributed by atoms with Crippen LogP contribution in [0, 0.1) is 29.1 Å². The summed E-state index contributed by atoms with van der Waals surface area (Å²) < 4.78 is 25.2. The molecule has 4 fully saturated rings. The lowest BCUT2D eigenvalue weighted by Crippen LogP contribution is -2.39. The molecule has 0 aromatic heterocycles. The van der Waals surface area contributed by atoms with Crippen molar-refractivity contribution in [2.45, 2.75) is 96.7 Å². The molecular formula is C29H45F2NO2. The van der Waals surface area contributed by atoms with E-state index in [1.807, 2.05) is 0 Å². The maximum absolute atomic E-state index is 12.6. The lowest BCUT2D eigenvalue weighted by atomic mass is 9.61. The van der Waals surface area contributed by atoms with E-state index in [0.29, 0.717) is 53.9 Å². The summed E-state index contributed by atoms with van der Waals surface area (Å²) in [5.74, 6) is 2.39. The maximum Gasteiger partial charge on any atom is 0.238 e. The molecule has 4 rings (SSSR count). The summed E-state index contributed by atoms with van der Waals surface area (Å²) in [6.45, 7) is 11.9. The zero-order valence-electron chi connectivity index (χ0n) is 21.2. The van der Waals surface area contributed by atoms with Gasteiger partial charge in [-0.25, -0.2) is 8.78 Å². The Morgan fingerprint density at radius 2 is 1.88 bits per heavy atom. The van der Waals surface area contributed by atoms with Crippen LogP contribution in [-0.4, -0.2) is 53.4 Å². The van der Waals surface area contributed by atoms with Gasteiger partial charge in [-0.2, -0.15) is 0 Å². The fraction of sp³-hybridized carbons (Fsp3) is 0.793. The molecule has 3 aliphatic carbocycles. The highest BCUT2D eigenvalue weighted by molar-refractivity contribution is 5.29. The molecule has 1 saturated heterocycles. The van der Waals surface area contributed by atoms with E-state index >= 15 is 0 Å². The molecule has 1 aliphatic heterocycles. The number of halogens is 2. The van der Waals surface area contributed by atoms with Crippen LogP contribution in [-0.2, 0) is 0 Å². The number of alkyl halides is 2. The third-order valence-electron chi connectivity index (χ3n) is 9.73. The van der Waals surface area contributed by atoms with E-state index in [2.05, 4.69) is 37.5 Å². The van der Waals surface area contributed by atoms with Crippen LogP contribution in [0.5, 0.6) is 0 Å². The zero-order chi connectivity index (χ0) is 24.5. The van der Waals surface area contributed by atoms with Gasteiger partial charge in [0.1, 0.15) is 0 Å². The monoisotopic (exact) mass is 477 g/mol. The first kappa shape index (κ1) is 26.0. The minimum absolute atomic E-state index is 0.0500. The van der Waals surface area contributed by atoms with Crippen molar-refractivity contribution in [2.75, 3.05) is 19.6 Å². The standard InChI is InChI=1S/C29H45F2NO2/c1-19(17-32-14-12-21(18-32)7-11-28(30)31)24-9-10-25-23(5-4-13-29(24,25)3)8-6-22-15-26(33)20(2)27(34)16-22/h6,8,19,21,24-28,33-34H,2,4-5,7,9-18H2,1,3H3/b23-8+/t19-,21+,24-,25+,26-,27-,29-/m1/s1. The summed E-state index contributed by atoms with van der Waals surface area (Å²) in [6.07, 6.45) is 10.2. The van der Waals surface area contributed by atoms with Gasteiger partial charge in [0.25, 0.3) is 0 Å². The lowest BCUT2D eigenvalue weighted by molar-refractivity contribution is 0.0811.